The third kappa shape index (κ3) is 7.70. The SMILES string of the molecule is CC(=O)c1ccc(OCCOC(=O)c2cc(OCc3ccccc3)ccc2OCc2ccccc2)cc1. The van der Waals surface area contributed by atoms with Crippen molar-refractivity contribution in [2.24, 2.45) is 0 Å². The van der Waals surface area contributed by atoms with E-state index < -0.39 is 5.97 Å². The molecule has 0 bridgehead atoms. The first kappa shape index (κ1) is 25.5. The van der Waals surface area contributed by atoms with Crippen molar-refractivity contribution < 1.29 is 28.5 Å². The molecule has 4 aromatic carbocycles. The Kier molecular flexibility index (Phi) is 8.92. The van der Waals surface area contributed by atoms with Crippen LogP contribution < -0.4 is 14.2 Å². The molecule has 0 aliphatic heterocycles. The molecule has 0 heterocycles. The molecule has 4 rings (SSSR count). The summed E-state index contributed by atoms with van der Waals surface area (Å²) in [5.41, 5.74) is 2.88. The molecule has 0 unspecified atom stereocenters. The molecule has 0 saturated heterocycles. The number of ether oxygens (including phenoxy) is 4. The summed E-state index contributed by atoms with van der Waals surface area (Å²) in [4.78, 5) is 24.4. The van der Waals surface area contributed by atoms with Gasteiger partial charge >= 0.3 is 5.97 Å². The zero-order chi connectivity index (χ0) is 25.9. The molecule has 0 fully saturated rings. The van der Waals surface area contributed by atoms with Gasteiger partial charge in [-0.3, -0.25) is 4.79 Å². The fraction of sp³-hybridized carbons (Fsp3) is 0.161. The van der Waals surface area contributed by atoms with Crippen molar-refractivity contribution in [1.29, 1.82) is 0 Å². The van der Waals surface area contributed by atoms with Gasteiger partial charge in [0, 0.05) is 5.56 Å². The lowest BCUT2D eigenvalue weighted by atomic mass is 10.1. The van der Waals surface area contributed by atoms with Crippen LogP contribution in [0.5, 0.6) is 17.2 Å². The molecule has 0 saturated carbocycles. The van der Waals surface area contributed by atoms with E-state index in [0.29, 0.717) is 36.0 Å². The second-order valence-electron chi connectivity index (χ2n) is 8.27. The molecule has 0 atom stereocenters. The predicted octanol–water partition coefficient (Wildman–Crippen LogP) is 6.28. The topological polar surface area (TPSA) is 71.1 Å². The summed E-state index contributed by atoms with van der Waals surface area (Å²) in [6, 6.07) is 31.4. The van der Waals surface area contributed by atoms with Crippen molar-refractivity contribution in [2.75, 3.05) is 13.2 Å². The third-order valence-electron chi connectivity index (χ3n) is 5.50. The number of rotatable bonds is 12. The molecule has 0 aliphatic rings. The first-order valence-electron chi connectivity index (χ1n) is 12.0. The Morgan fingerprint density at radius 1 is 0.622 bits per heavy atom. The molecular formula is C31H28O6. The molecule has 188 valence electrons. The van der Waals surface area contributed by atoms with Crippen LogP contribution >= 0.6 is 0 Å². The quantitative estimate of drug-likeness (QED) is 0.131. The molecule has 0 radical (unpaired) electrons. The summed E-state index contributed by atoms with van der Waals surface area (Å²) >= 11 is 0. The normalized spacial score (nSPS) is 10.4. The van der Waals surface area contributed by atoms with E-state index in [1.54, 1.807) is 42.5 Å². The minimum absolute atomic E-state index is 0.0132. The van der Waals surface area contributed by atoms with Crippen molar-refractivity contribution in [3.8, 4) is 17.2 Å². The Labute approximate surface area is 216 Å². The number of Topliss-reactive ketones (excluding diaryl/α,β-unsaturated/α-hetero) is 1. The highest BCUT2D eigenvalue weighted by molar-refractivity contribution is 5.94. The molecular weight excluding hydrogens is 468 g/mol. The van der Waals surface area contributed by atoms with Gasteiger partial charge in [0.05, 0.1) is 0 Å². The first-order valence-corrected chi connectivity index (χ1v) is 12.0. The Bertz CT molecular complexity index is 1300. The maximum absolute atomic E-state index is 13.0. The van der Waals surface area contributed by atoms with E-state index in [-0.39, 0.29) is 24.6 Å². The molecule has 6 heteroatoms. The smallest absolute Gasteiger partial charge is 0.342 e. The zero-order valence-electron chi connectivity index (χ0n) is 20.6. The van der Waals surface area contributed by atoms with Gasteiger partial charge in [0.2, 0.25) is 0 Å². The number of hydrogen-bond donors (Lipinski definition) is 0. The van der Waals surface area contributed by atoms with Gasteiger partial charge in [0.1, 0.15) is 49.2 Å². The Balaban J connectivity index is 1.39. The molecule has 0 aromatic heterocycles. The minimum atomic E-state index is -0.538. The van der Waals surface area contributed by atoms with Gasteiger partial charge in [-0.15, -0.1) is 0 Å². The summed E-state index contributed by atoms with van der Waals surface area (Å²) in [5, 5.41) is 0. The van der Waals surface area contributed by atoms with E-state index in [1.165, 1.54) is 6.92 Å². The van der Waals surface area contributed by atoms with Crippen molar-refractivity contribution in [2.45, 2.75) is 20.1 Å². The van der Waals surface area contributed by atoms with Gasteiger partial charge in [-0.05, 0) is 60.5 Å². The zero-order valence-corrected chi connectivity index (χ0v) is 20.6. The van der Waals surface area contributed by atoms with Gasteiger partial charge in [0.25, 0.3) is 0 Å². The number of esters is 1. The van der Waals surface area contributed by atoms with Crippen LogP contribution in [0, 0.1) is 0 Å². The maximum Gasteiger partial charge on any atom is 0.342 e. The number of carbonyl (C=O) groups excluding carboxylic acids is 2. The van der Waals surface area contributed by atoms with Gasteiger partial charge < -0.3 is 18.9 Å². The average Bonchev–Trinajstić information content (AvgIpc) is 2.94. The van der Waals surface area contributed by atoms with Crippen LogP contribution in [0.3, 0.4) is 0 Å². The summed E-state index contributed by atoms with van der Waals surface area (Å²) in [7, 11) is 0. The first-order chi connectivity index (χ1) is 18.1. The number of carbonyl (C=O) groups is 2. The maximum atomic E-state index is 13.0. The summed E-state index contributed by atoms with van der Waals surface area (Å²) in [5.74, 6) is 0.972. The molecule has 0 aliphatic carbocycles. The monoisotopic (exact) mass is 496 g/mol. The highest BCUT2D eigenvalue weighted by Gasteiger charge is 2.16. The van der Waals surface area contributed by atoms with E-state index in [4.69, 9.17) is 18.9 Å². The molecule has 0 amide bonds. The van der Waals surface area contributed by atoms with Gasteiger partial charge in [-0.2, -0.15) is 0 Å². The number of hydrogen-bond acceptors (Lipinski definition) is 6. The largest absolute Gasteiger partial charge is 0.490 e. The molecule has 6 nitrogen and oxygen atoms in total. The van der Waals surface area contributed by atoms with E-state index in [0.717, 1.165) is 11.1 Å². The average molecular weight is 497 g/mol. The summed E-state index contributed by atoms with van der Waals surface area (Å²) in [6.07, 6.45) is 0. The molecule has 4 aromatic rings. The van der Waals surface area contributed by atoms with E-state index in [1.807, 2.05) is 60.7 Å². The second kappa shape index (κ2) is 12.9. The van der Waals surface area contributed by atoms with Crippen molar-refractivity contribution in [1.82, 2.24) is 0 Å². The Morgan fingerprint density at radius 2 is 1.22 bits per heavy atom. The Hall–Kier alpha value is -4.58. The van der Waals surface area contributed by atoms with Crippen LogP contribution in [0.4, 0.5) is 0 Å². The van der Waals surface area contributed by atoms with Crippen LogP contribution in [-0.4, -0.2) is 25.0 Å². The van der Waals surface area contributed by atoms with Gasteiger partial charge in [0.15, 0.2) is 5.78 Å². The fourth-order valence-electron chi connectivity index (χ4n) is 3.52. The Morgan fingerprint density at radius 3 is 1.84 bits per heavy atom. The minimum Gasteiger partial charge on any atom is -0.490 e. The van der Waals surface area contributed by atoms with Crippen LogP contribution in [-0.2, 0) is 18.0 Å². The van der Waals surface area contributed by atoms with Crippen LogP contribution in [0.25, 0.3) is 0 Å². The molecule has 0 spiro atoms. The second-order valence-corrected chi connectivity index (χ2v) is 8.27. The highest BCUT2D eigenvalue weighted by Crippen LogP contribution is 2.27. The van der Waals surface area contributed by atoms with Crippen molar-refractivity contribution in [3.63, 3.8) is 0 Å². The fourth-order valence-corrected chi connectivity index (χ4v) is 3.52. The number of ketones is 1. The van der Waals surface area contributed by atoms with Crippen LogP contribution in [0.1, 0.15) is 38.8 Å². The lowest BCUT2D eigenvalue weighted by Gasteiger charge is -2.14. The van der Waals surface area contributed by atoms with E-state index >= 15 is 0 Å². The van der Waals surface area contributed by atoms with Crippen LogP contribution in [0.15, 0.2) is 103 Å². The lowest BCUT2D eigenvalue weighted by molar-refractivity contribution is 0.0444. The third-order valence-corrected chi connectivity index (χ3v) is 5.50. The standard InChI is InChI=1S/C31H28O6/c1-23(32)26-12-14-27(15-13-26)34-18-19-35-31(33)29-20-28(36-21-24-8-4-2-5-9-24)16-17-30(29)37-22-25-10-6-3-7-11-25/h2-17,20H,18-19,21-22H2,1H3. The molecule has 37 heavy (non-hydrogen) atoms. The predicted molar refractivity (Wildman–Crippen MR) is 140 cm³/mol. The summed E-state index contributed by atoms with van der Waals surface area (Å²) in [6.45, 7) is 2.39. The van der Waals surface area contributed by atoms with Crippen molar-refractivity contribution >= 4 is 11.8 Å². The lowest BCUT2D eigenvalue weighted by Crippen LogP contribution is -2.14. The van der Waals surface area contributed by atoms with Gasteiger partial charge in [-0.25, -0.2) is 4.79 Å². The highest BCUT2D eigenvalue weighted by atomic mass is 16.6. The van der Waals surface area contributed by atoms with E-state index in [2.05, 4.69) is 0 Å². The van der Waals surface area contributed by atoms with Gasteiger partial charge in [-0.1, -0.05) is 60.7 Å². The summed E-state index contributed by atoms with van der Waals surface area (Å²) < 4.78 is 22.9. The van der Waals surface area contributed by atoms with Crippen LogP contribution in [0.2, 0.25) is 0 Å². The molecule has 0 N–H and O–H groups in total. The van der Waals surface area contributed by atoms with Crippen molar-refractivity contribution in [3.05, 3.63) is 125 Å². The number of benzene rings is 4. The van der Waals surface area contributed by atoms with E-state index in [9.17, 15) is 9.59 Å².